The fraction of sp³-hybridized carbons (Fsp3) is 1.00. The first-order chi connectivity index (χ1) is 6.07. The van der Waals surface area contributed by atoms with E-state index in [1.54, 1.807) is 0 Å². The molecule has 0 aliphatic carbocycles. The molecule has 0 amide bonds. The molecule has 3 nitrogen and oxygen atoms in total. The van der Waals surface area contributed by atoms with Crippen LogP contribution in [0.1, 0.15) is 20.3 Å². The Bertz CT molecular complexity index is 176. The maximum atomic E-state index is 9.32. The van der Waals surface area contributed by atoms with Crippen molar-refractivity contribution in [3.63, 3.8) is 0 Å². The molecule has 1 unspecified atom stereocenters. The molecule has 13 heavy (non-hydrogen) atoms. The molecule has 1 saturated heterocycles. The quantitative estimate of drug-likeness (QED) is 0.576. The van der Waals surface area contributed by atoms with Crippen molar-refractivity contribution in [3.8, 4) is 0 Å². The van der Waals surface area contributed by atoms with Gasteiger partial charge in [0.1, 0.15) is 7.85 Å². The molecule has 0 aromatic rings. The summed E-state index contributed by atoms with van der Waals surface area (Å²) in [6, 6.07) is 0.175. The molecule has 0 aromatic heterocycles. The monoisotopic (exact) mass is 186 g/mol. The van der Waals surface area contributed by atoms with E-state index in [0.29, 0.717) is 18.3 Å². The van der Waals surface area contributed by atoms with Gasteiger partial charge in [-0.1, -0.05) is 13.8 Å². The topological polar surface area (TPSA) is 49.7 Å². The van der Waals surface area contributed by atoms with E-state index in [2.05, 4.69) is 13.8 Å². The van der Waals surface area contributed by atoms with Crippen LogP contribution in [0.3, 0.4) is 0 Å². The van der Waals surface area contributed by atoms with Crippen LogP contribution in [0, 0.1) is 11.8 Å². The van der Waals surface area contributed by atoms with Crippen LogP contribution < -0.4 is 0 Å². The molecule has 0 bridgehead atoms. The average molecular weight is 186 g/mol. The third-order valence-electron chi connectivity index (χ3n) is 3.58. The van der Waals surface area contributed by atoms with Crippen LogP contribution in [0.5, 0.6) is 0 Å². The van der Waals surface area contributed by atoms with Crippen LogP contribution in [0.25, 0.3) is 0 Å². The summed E-state index contributed by atoms with van der Waals surface area (Å²) in [4.78, 5) is 0. The summed E-state index contributed by atoms with van der Waals surface area (Å²) in [6.45, 7) is 4.29. The Morgan fingerprint density at radius 2 is 2.00 bits per heavy atom. The molecule has 2 N–H and O–H groups in total. The number of hydrogen-bond donors (Lipinski definition) is 2. The van der Waals surface area contributed by atoms with Gasteiger partial charge in [-0.3, -0.25) is 0 Å². The van der Waals surface area contributed by atoms with Gasteiger partial charge < -0.3 is 14.9 Å². The Balaban J connectivity index is 2.76. The Labute approximate surface area is 80.5 Å². The average Bonchev–Trinajstić information content (AvgIpc) is 2.32. The van der Waals surface area contributed by atoms with E-state index in [-0.39, 0.29) is 19.2 Å². The SMILES string of the molecule is B[C@@H]1O[C@@](CO)(CCO)C(C)[C@@H]1C. The Hall–Kier alpha value is -0.0551. The van der Waals surface area contributed by atoms with Crippen molar-refractivity contribution in [3.05, 3.63) is 0 Å². The van der Waals surface area contributed by atoms with Crippen LogP contribution >= 0.6 is 0 Å². The van der Waals surface area contributed by atoms with Gasteiger partial charge in [-0.15, -0.1) is 0 Å². The molecular formula is C9H19BO3. The fourth-order valence-electron chi connectivity index (χ4n) is 2.21. The van der Waals surface area contributed by atoms with Crippen molar-refractivity contribution in [2.24, 2.45) is 11.8 Å². The highest BCUT2D eigenvalue weighted by atomic mass is 16.5. The third kappa shape index (κ3) is 1.76. The van der Waals surface area contributed by atoms with Gasteiger partial charge in [-0.25, -0.2) is 0 Å². The number of aliphatic hydroxyl groups is 2. The molecule has 4 atom stereocenters. The summed E-state index contributed by atoms with van der Waals surface area (Å²) in [5.74, 6) is 0.748. The van der Waals surface area contributed by atoms with Gasteiger partial charge in [-0.2, -0.15) is 0 Å². The van der Waals surface area contributed by atoms with Gasteiger partial charge in [0.05, 0.1) is 12.2 Å². The highest BCUT2D eigenvalue weighted by Gasteiger charge is 2.47. The lowest BCUT2D eigenvalue weighted by atomic mass is 9.76. The first-order valence-corrected chi connectivity index (χ1v) is 4.97. The zero-order valence-corrected chi connectivity index (χ0v) is 8.66. The van der Waals surface area contributed by atoms with Crippen LogP contribution in [-0.2, 0) is 4.74 Å². The molecule has 0 aromatic carbocycles. The summed E-state index contributed by atoms with van der Waals surface area (Å²) >= 11 is 0. The maximum absolute atomic E-state index is 9.32. The highest BCUT2D eigenvalue weighted by molar-refractivity contribution is 6.11. The normalized spacial score (nSPS) is 45.4. The zero-order chi connectivity index (χ0) is 10.1. The van der Waals surface area contributed by atoms with Crippen molar-refractivity contribution in [1.82, 2.24) is 0 Å². The van der Waals surface area contributed by atoms with E-state index >= 15 is 0 Å². The zero-order valence-electron chi connectivity index (χ0n) is 8.66. The van der Waals surface area contributed by atoms with E-state index in [1.807, 2.05) is 7.85 Å². The predicted octanol–water partition coefficient (Wildman–Crippen LogP) is -0.639. The molecule has 4 heteroatoms. The van der Waals surface area contributed by atoms with Crippen molar-refractivity contribution in [2.45, 2.75) is 31.9 Å². The minimum absolute atomic E-state index is 0.00338. The maximum Gasteiger partial charge on any atom is 0.139 e. The van der Waals surface area contributed by atoms with Crippen LogP contribution in [0.2, 0.25) is 0 Å². The van der Waals surface area contributed by atoms with Gasteiger partial charge >= 0.3 is 0 Å². The highest BCUT2D eigenvalue weighted by Crippen LogP contribution is 2.41. The van der Waals surface area contributed by atoms with E-state index < -0.39 is 5.60 Å². The lowest BCUT2D eigenvalue weighted by Crippen LogP contribution is -2.40. The molecule has 76 valence electrons. The molecule has 0 saturated carbocycles. The van der Waals surface area contributed by atoms with Crippen molar-refractivity contribution in [2.75, 3.05) is 13.2 Å². The lowest BCUT2D eigenvalue weighted by molar-refractivity contribution is -0.0812. The van der Waals surface area contributed by atoms with Crippen molar-refractivity contribution >= 4 is 7.85 Å². The molecule has 0 radical (unpaired) electrons. The first kappa shape index (κ1) is 11.0. The number of rotatable bonds is 3. The van der Waals surface area contributed by atoms with E-state index in [4.69, 9.17) is 9.84 Å². The Morgan fingerprint density at radius 1 is 1.38 bits per heavy atom. The van der Waals surface area contributed by atoms with Crippen LogP contribution in [0.4, 0.5) is 0 Å². The van der Waals surface area contributed by atoms with E-state index in [0.717, 1.165) is 0 Å². The molecule has 0 spiro atoms. The fourth-order valence-corrected chi connectivity index (χ4v) is 2.21. The Morgan fingerprint density at radius 3 is 2.31 bits per heavy atom. The second-order valence-corrected chi connectivity index (χ2v) is 4.17. The predicted molar refractivity (Wildman–Crippen MR) is 53.3 cm³/mol. The summed E-state index contributed by atoms with van der Waals surface area (Å²) in [6.07, 6.45) is 0.527. The minimum Gasteiger partial charge on any atom is -0.396 e. The first-order valence-electron chi connectivity index (χ1n) is 4.97. The molecule has 1 aliphatic heterocycles. The van der Waals surface area contributed by atoms with Crippen LogP contribution in [-0.4, -0.2) is 42.9 Å². The van der Waals surface area contributed by atoms with Gasteiger partial charge in [0, 0.05) is 19.0 Å². The van der Waals surface area contributed by atoms with Gasteiger partial charge in [0.2, 0.25) is 0 Å². The molecule has 1 aliphatic rings. The van der Waals surface area contributed by atoms with Crippen molar-refractivity contribution < 1.29 is 14.9 Å². The Kier molecular flexibility index (Phi) is 3.38. The molecule has 1 fully saturated rings. The van der Waals surface area contributed by atoms with Gasteiger partial charge in [0.15, 0.2) is 0 Å². The number of hydrogen-bond acceptors (Lipinski definition) is 3. The molecule has 1 rings (SSSR count). The minimum atomic E-state index is -0.506. The lowest BCUT2D eigenvalue weighted by Gasteiger charge is -2.31. The van der Waals surface area contributed by atoms with Crippen LogP contribution in [0.15, 0.2) is 0 Å². The second kappa shape index (κ2) is 3.99. The number of ether oxygens (including phenoxy) is 1. The molecule has 1 heterocycles. The smallest absolute Gasteiger partial charge is 0.139 e. The summed E-state index contributed by atoms with van der Waals surface area (Å²) in [7, 11) is 2.02. The number of aliphatic hydroxyl groups excluding tert-OH is 2. The second-order valence-electron chi connectivity index (χ2n) is 4.17. The van der Waals surface area contributed by atoms with E-state index in [1.165, 1.54) is 0 Å². The van der Waals surface area contributed by atoms with Gasteiger partial charge in [-0.05, 0) is 11.8 Å². The third-order valence-corrected chi connectivity index (χ3v) is 3.58. The summed E-state index contributed by atoms with van der Waals surface area (Å²) < 4.78 is 5.75. The van der Waals surface area contributed by atoms with Gasteiger partial charge in [0.25, 0.3) is 0 Å². The molecular weight excluding hydrogens is 167 g/mol. The summed E-state index contributed by atoms with van der Waals surface area (Å²) in [5.41, 5.74) is -0.506. The summed E-state index contributed by atoms with van der Waals surface area (Å²) in [5, 5.41) is 18.2. The largest absolute Gasteiger partial charge is 0.396 e. The van der Waals surface area contributed by atoms with E-state index in [9.17, 15) is 5.11 Å². The standard InChI is InChI=1S/C9H19BO3/c1-6-7(2)9(5-12,3-4-11)13-8(6)10/h6-8,11-12H,3-5,10H2,1-2H3/t6-,7?,8+,9+/m0/s1. The van der Waals surface area contributed by atoms with Crippen molar-refractivity contribution in [1.29, 1.82) is 0 Å².